The van der Waals surface area contributed by atoms with Crippen LogP contribution < -0.4 is 0 Å². The number of sulfone groups is 1. The van der Waals surface area contributed by atoms with Gasteiger partial charge in [-0.15, -0.1) is 0 Å². The van der Waals surface area contributed by atoms with Crippen LogP contribution in [0.4, 0.5) is 0 Å². The molecule has 0 atom stereocenters. The Morgan fingerprint density at radius 2 is 1.70 bits per heavy atom. The van der Waals surface area contributed by atoms with Crippen LogP contribution in [-0.2, 0) is 20.4 Å². The van der Waals surface area contributed by atoms with Crippen molar-refractivity contribution in [2.45, 2.75) is 24.5 Å². The van der Waals surface area contributed by atoms with Crippen LogP contribution in [0.1, 0.15) is 29.8 Å². The molecule has 0 aliphatic carbocycles. The first kappa shape index (κ1) is 20.6. The van der Waals surface area contributed by atoms with Crippen LogP contribution in [0.15, 0.2) is 59.5 Å². The first-order valence-corrected chi connectivity index (χ1v) is 10.2. The molecular formula is C20H23NO5S. The van der Waals surface area contributed by atoms with Crippen LogP contribution in [0.2, 0.25) is 0 Å². The molecule has 0 aromatic heterocycles. The zero-order valence-electron chi connectivity index (χ0n) is 15.3. The molecule has 0 fully saturated rings. The fraction of sp³-hybridized carbons (Fsp3) is 0.300. The van der Waals surface area contributed by atoms with Gasteiger partial charge in [-0.05, 0) is 35.7 Å². The van der Waals surface area contributed by atoms with Crippen molar-refractivity contribution in [1.29, 1.82) is 0 Å². The van der Waals surface area contributed by atoms with Gasteiger partial charge in [-0.2, -0.15) is 0 Å². The maximum Gasteiger partial charge on any atom is 0.323 e. The molecule has 0 bridgehead atoms. The summed E-state index contributed by atoms with van der Waals surface area (Å²) in [5, 5.41) is 9.05. The van der Waals surface area contributed by atoms with Gasteiger partial charge in [0.2, 0.25) is 0 Å². The van der Waals surface area contributed by atoms with E-state index in [4.69, 9.17) is 5.11 Å². The van der Waals surface area contributed by atoms with Crippen LogP contribution in [0.3, 0.4) is 0 Å². The first-order valence-electron chi connectivity index (χ1n) is 8.57. The van der Waals surface area contributed by atoms with E-state index >= 15 is 0 Å². The number of carboxylic acid groups (broad SMARTS) is 1. The molecule has 0 aliphatic heterocycles. The molecule has 0 saturated heterocycles. The molecule has 1 amide bonds. The lowest BCUT2D eigenvalue weighted by Gasteiger charge is -2.23. The molecule has 0 heterocycles. The minimum absolute atomic E-state index is 0.106. The quantitative estimate of drug-likeness (QED) is 0.749. The molecule has 2 aromatic rings. The molecule has 0 radical (unpaired) electrons. The molecule has 1 N–H and O–H groups in total. The van der Waals surface area contributed by atoms with Gasteiger partial charge in [0.05, 0.1) is 10.6 Å². The van der Waals surface area contributed by atoms with Gasteiger partial charge in [0, 0.05) is 12.1 Å². The van der Waals surface area contributed by atoms with Gasteiger partial charge < -0.3 is 10.0 Å². The molecule has 2 aromatic carbocycles. The average molecular weight is 389 g/mol. The van der Waals surface area contributed by atoms with Gasteiger partial charge in [-0.3, -0.25) is 9.59 Å². The van der Waals surface area contributed by atoms with Crippen molar-refractivity contribution in [3.05, 3.63) is 65.7 Å². The molecule has 6 nitrogen and oxygen atoms in total. The SMILES string of the molecule is CC(C)CN(CC(=O)O)C(=O)c1cccc(CS(=O)(=O)c2ccccc2)c1. The monoisotopic (exact) mass is 389 g/mol. The van der Waals surface area contributed by atoms with E-state index in [2.05, 4.69) is 0 Å². The Morgan fingerprint density at radius 1 is 1.04 bits per heavy atom. The number of nitrogens with zero attached hydrogens (tertiary/aromatic N) is 1. The third-order valence-corrected chi connectivity index (χ3v) is 5.54. The summed E-state index contributed by atoms with van der Waals surface area (Å²) in [4.78, 5) is 25.3. The van der Waals surface area contributed by atoms with E-state index in [9.17, 15) is 18.0 Å². The van der Waals surface area contributed by atoms with E-state index in [1.807, 2.05) is 13.8 Å². The van der Waals surface area contributed by atoms with Crippen molar-refractivity contribution in [2.24, 2.45) is 5.92 Å². The van der Waals surface area contributed by atoms with E-state index in [1.165, 1.54) is 23.1 Å². The van der Waals surface area contributed by atoms with E-state index in [0.717, 1.165) is 0 Å². The normalized spacial score (nSPS) is 11.4. The van der Waals surface area contributed by atoms with E-state index < -0.39 is 28.3 Å². The van der Waals surface area contributed by atoms with Crippen molar-refractivity contribution in [3.8, 4) is 0 Å². The molecular weight excluding hydrogens is 366 g/mol. The standard InChI is InChI=1S/C20H23NO5S/c1-15(2)12-21(13-19(22)23)20(24)17-8-6-7-16(11-17)14-27(25,26)18-9-4-3-5-10-18/h3-11,15H,12-14H2,1-2H3,(H,22,23). The maximum absolute atomic E-state index is 12.7. The Hall–Kier alpha value is -2.67. The minimum Gasteiger partial charge on any atom is -0.480 e. The predicted molar refractivity (Wildman–Crippen MR) is 102 cm³/mol. The van der Waals surface area contributed by atoms with Crippen LogP contribution in [0.5, 0.6) is 0 Å². The van der Waals surface area contributed by atoms with E-state index in [-0.39, 0.29) is 22.1 Å². The van der Waals surface area contributed by atoms with Gasteiger partial charge in [0.25, 0.3) is 5.91 Å². The van der Waals surface area contributed by atoms with Gasteiger partial charge >= 0.3 is 5.97 Å². The number of carbonyl (C=O) groups excluding carboxylic acids is 1. The lowest BCUT2D eigenvalue weighted by molar-refractivity contribution is -0.137. The number of benzene rings is 2. The third kappa shape index (κ3) is 5.92. The number of rotatable bonds is 8. The van der Waals surface area contributed by atoms with Crippen molar-refractivity contribution in [1.82, 2.24) is 4.90 Å². The summed E-state index contributed by atoms with van der Waals surface area (Å²) in [6.07, 6.45) is 0. The lowest BCUT2D eigenvalue weighted by atomic mass is 10.1. The topological polar surface area (TPSA) is 91.8 Å². The van der Waals surface area contributed by atoms with Crippen LogP contribution >= 0.6 is 0 Å². The molecule has 7 heteroatoms. The Labute approximate surface area is 159 Å². The second-order valence-corrected chi connectivity index (χ2v) is 8.74. The number of amides is 1. The largest absolute Gasteiger partial charge is 0.480 e. The molecule has 0 aliphatic rings. The van der Waals surface area contributed by atoms with Gasteiger partial charge in [0.1, 0.15) is 6.54 Å². The minimum atomic E-state index is -3.53. The second kappa shape index (κ2) is 8.81. The summed E-state index contributed by atoms with van der Waals surface area (Å²) in [6.45, 7) is 3.69. The van der Waals surface area contributed by atoms with E-state index in [0.29, 0.717) is 12.1 Å². The molecule has 144 valence electrons. The fourth-order valence-corrected chi connectivity index (χ4v) is 4.09. The van der Waals surface area contributed by atoms with Gasteiger partial charge in [-0.1, -0.05) is 44.2 Å². The average Bonchev–Trinajstić information content (AvgIpc) is 2.60. The lowest BCUT2D eigenvalue weighted by Crippen LogP contribution is -2.38. The fourth-order valence-electron chi connectivity index (χ4n) is 2.73. The third-order valence-electron chi connectivity index (χ3n) is 3.83. The van der Waals surface area contributed by atoms with Gasteiger partial charge in [-0.25, -0.2) is 8.42 Å². The highest BCUT2D eigenvalue weighted by atomic mass is 32.2. The van der Waals surface area contributed by atoms with Crippen LogP contribution in [0, 0.1) is 5.92 Å². The zero-order chi connectivity index (χ0) is 20.0. The van der Waals surface area contributed by atoms with Crippen molar-refractivity contribution >= 4 is 21.7 Å². The van der Waals surface area contributed by atoms with Crippen molar-refractivity contribution in [3.63, 3.8) is 0 Å². The highest BCUT2D eigenvalue weighted by Gasteiger charge is 2.21. The highest BCUT2D eigenvalue weighted by molar-refractivity contribution is 7.90. The van der Waals surface area contributed by atoms with Gasteiger partial charge in [0.15, 0.2) is 9.84 Å². The molecule has 0 spiro atoms. The predicted octanol–water partition coefficient (Wildman–Crippen LogP) is 2.84. The van der Waals surface area contributed by atoms with Crippen LogP contribution in [0.25, 0.3) is 0 Å². The number of aliphatic carboxylic acids is 1. The number of hydrogen-bond acceptors (Lipinski definition) is 4. The summed E-state index contributed by atoms with van der Waals surface area (Å²) in [6, 6.07) is 14.4. The smallest absolute Gasteiger partial charge is 0.323 e. The highest BCUT2D eigenvalue weighted by Crippen LogP contribution is 2.18. The molecule has 27 heavy (non-hydrogen) atoms. The van der Waals surface area contributed by atoms with Crippen molar-refractivity contribution in [2.75, 3.05) is 13.1 Å². The first-order chi connectivity index (χ1) is 12.7. The Bertz CT molecular complexity index is 907. The Kier molecular flexibility index (Phi) is 6.74. The van der Waals surface area contributed by atoms with E-state index in [1.54, 1.807) is 36.4 Å². The summed E-state index contributed by atoms with van der Waals surface area (Å²) in [7, 11) is -3.53. The number of carbonyl (C=O) groups is 2. The summed E-state index contributed by atoms with van der Waals surface area (Å²) in [5.41, 5.74) is 0.752. The Balaban J connectivity index is 2.25. The maximum atomic E-state index is 12.7. The summed E-state index contributed by atoms with van der Waals surface area (Å²) < 4.78 is 25.1. The Morgan fingerprint density at radius 3 is 2.30 bits per heavy atom. The van der Waals surface area contributed by atoms with Crippen LogP contribution in [-0.4, -0.2) is 43.4 Å². The molecule has 0 saturated carbocycles. The zero-order valence-corrected chi connectivity index (χ0v) is 16.1. The number of carboxylic acids is 1. The van der Waals surface area contributed by atoms with Crippen molar-refractivity contribution < 1.29 is 23.1 Å². The number of hydrogen-bond donors (Lipinski definition) is 1. The molecule has 0 unspecified atom stereocenters. The molecule has 2 rings (SSSR count). The summed E-state index contributed by atoms with van der Waals surface area (Å²) >= 11 is 0. The summed E-state index contributed by atoms with van der Waals surface area (Å²) in [5.74, 6) is -1.65. The second-order valence-electron chi connectivity index (χ2n) is 6.75.